The van der Waals surface area contributed by atoms with Crippen LogP contribution in [0.2, 0.25) is 0 Å². The molecule has 0 amide bonds. The fourth-order valence-electron chi connectivity index (χ4n) is 3.71. The summed E-state index contributed by atoms with van der Waals surface area (Å²) in [5.41, 5.74) is 0.944. The number of benzene rings is 1. The van der Waals surface area contributed by atoms with Crippen LogP contribution in [0.3, 0.4) is 0 Å². The van der Waals surface area contributed by atoms with E-state index in [1.807, 2.05) is 42.8 Å². The van der Waals surface area contributed by atoms with Gasteiger partial charge in [-0.3, -0.25) is 0 Å². The molecule has 8 nitrogen and oxygen atoms in total. The number of methoxy groups -OCH3 is 2. The Labute approximate surface area is 179 Å². The molecule has 0 saturated heterocycles. The molecular weight excluding hydrogens is 380 g/mol. The lowest BCUT2D eigenvalue weighted by molar-refractivity contribution is -0.176. The molecule has 1 aromatic carbocycles. The average molecular weight is 415 g/mol. The maximum atomic E-state index is 5.77. The number of rotatable bonds is 7. The summed E-state index contributed by atoms with van der Waals surface area (Å²) >= 11 is 0. The molecule has 1 heterocycles. The lowest BCUT2D eigenvalue weighted by Crippen LogP contribution is -2.69. The Balaban J connectivity index is 1.73. The molecule has 1 fully saturated rings. The van der Waals surface area contributed by atoms with E-state index in [1.165, 1.54) is 0 Å². The molecule has 8 heteroatoms. The first kappa shape index (κ1) is 22.1. The number of guanidine groups is 1. The molecule has 3 rings (SSSR count). The number of aromatic nitrogens is 3. The molecule has 1 aliphatic carbocycles. The third kappa shape index (κ3) is 4.28. The molecular formula is C22H34N6O2. The van der Waals surface area contributed by atoms with Gasteiger partial charge in [-0.1, -0.05) is 26.0 Å². The zero-order chi connectivity index (χ0) is 21.9. The number of nitrogens with zero attached hydrogens (tertiary/aromatic N) is 4. The molecule has 1 aromatic heterocycles. The SMILES string of the molecule is COc1ccc(CN=C(NCc2nnc(C)n2C)NC2CC(C)(OC)C2(C)C)cc1. The van der Waals surface area contributed by atoms with E-state index in [9.17, 15) is 0 Å². The van der Waals surface area contributed by atoms with Crippen LogP contribution in [0.5, 0.6) is 5.75 Å². The van der Waals surface area contributed by atoms with Gasteiger partial charge < -0.3 is 24.7 Å². The Hall–Kier alpha value is -2.61. The molecule has 1 saturated carbocycles. The Morgan fingerprint density at radius 1 is 1.20 bits per heavy atom. The van der Waals surface area contributed by atoms with Gasteiger partial charge in [0.15, 0.2) is 11.8 Å². The molecule has 0 aliphatic heterocycles. The molecule has 0 radical (unpaired) electrons. The van der Waals surface area contributed by atoms with Gasteiger partial charge in [-0.2, -0.15) is 0 Å². The zero-order valence-corrected chi connectivity index (χ0v) is 19.1. The first-order chi connectivity index (χ1) is 14.2. The van der Waals surface area contributed by atoms with Gasteiger partial charge in [0.25, 0.3) is 0 Å². The lowest BCUT2D eigenvalue weighted by Gasteiger charge is -2.59. The van der Waals surface area contributed by atoms with Crippen LogP contribution < -0.4 is 15.4 Å². The minimum absolute atomic E-state index is 0.0221. The summed E-state index contributed by atoms with van der Waals surface area (Å²) in [6.07, 6.45) is 0.919. The fraction of sp³-hybridized carbons (Fsp3) is 0.591. The topological polar surface area (TPSA) is 85.6 Å². The van der Waals surface area contributed by atoms with Crippen molar-refractivity contribution in [2.24, 2.45) is 17.5 Å². The molecule has 0 bridgehead atoms. The smallest absolute Gasteiger partial charge is 0.192 e. The molecule has 2 unspecified atom stereocenters. The van der Waals surface area contributed by atoms with Crippen LogP contribution in [0.1, 0.15) is 44.4 Å². The quantitative estimate of drug-likeness (QED) is 0.535. The molecule has 2 aromatic rings. The van der Waals surface area contributed by atoms with Crippen molar-refractivity contribution in [2.75, 3.05) is 14.2 Å². The highest BCUT2D eigenvalue weighted by atomic mass is 16.5. The van der Waals surface area contributed by atoms with Crippen molar-refractivity contribution in [3.63, 3.8) is 0 Å². The van der Waals surface area contributed by atoms with Crippen molar-refractivity contribution in [3.05, 3.63) is 41.5 Å². The van der Waals surface area contributed by atoms with E-state index in [4.69, 9.17) is 14.5 Å². The third-order valence-corrected chi connectivity index (χ3v) is 6.76. The predicted molar refractivity (Wildman–Crippen MR) is 117 cm³/mol. The van der Waals surface area contributed by atoms with Gasteiger partial charge in [-0.05, 0) is 38.0 Å². The van der Waals surface area contributed by atoms with Crippen molar-refractivity contribution < 1.29 is 9.47 Å². The highest BCUT2D eigenvalue weighted by molar-refractivity contribution is 5.80. The summed E-state index contributed by atoms with van der Waals surface area (Å²) in [6, 6.07) is 8.22. The zero-order valence-electron chi connectivity index (χ0n) is 19.1. The summed E-state index contributed by atoms with van der Waals surface area (Å²) in [7, 11) is 5.42. The molecule has 0 spiro atoms. The van der Waals surface area contributed by atoms with Gasteiger partial charge >= 0.3 is 0 Å². The van der Waals surface area contributed by atoms with Crippen molar-refractivity contribution >= 4 is 5.96 Å². The molecule has 30 heavy (non-hydrogen) atoms. The minimum Gasteiger partial charge on any atom is -0.497 e. The number of aliphatic imine (C=N–C) groups is 1. The van der Waals surface area contributed by atoms with E-state index in [-0.39, 0.29) is 17.1 Å². The highest BCUT2D eigenvalue weighted by Crippen LogP contribution is 2.51. The van der Waals surface area contributed by atoms with E-state index in [1.54, 1.807) is 14.2 Å². The summed E-state index contributed by atoms with van der Waals surface area (Å²) in [6.45, 7) is 9.66. The monoisotopic (exact) mass is 414 g/mol. The number of nitrogens with one attached hydrogen (secondary N) is 2. The largest absolute Gasteiger partial charge is 0.497 e. The lowest BCUT2D eigenvalue weighted by atomic mass is 9.56. The van der Waals surface area contributed by atoms with Crippen LogP contribution in [0.15, 0.2) is 29.3 Å². The average Bonchev–Trinajstić information content (AvgIpc) is 3.07. The molecule has 164 valence electrons. The Kier molecular flexibility index (Phi) is 6.36. The second-order valence-corrected chi connectivity index (χ2v) is 8.65. The molecule has 2 atom stereocenters. The van der Waals surface area contributed by atoms with Crippen LogP contribution in [0, 0.1) is 12.3 Å². The van der Waals surface area contributed by atoms with Crippen LogP contribution >= 0.6 is 0 Å². The third-order valence-electron chi connectivity index (χ3n) is 6.76. The first-order valence-corrected chi connectivity index (χ1v) is 10.3. The maximum absolute atomic E-state index is 5.77. The Morgan fingerprint density at radius 2 is 1.90 bits per heavy atom. The summed E-state index contributed by atoms with van der Waals surface area (Å²) in [5.74, 6) is 3.34. The van der Waals surface area contributed by atoms with Crippen LogP contribution in [0.25, 0.3) is 0 Å². The normalized spacial score (nSPS) is 23.0. The Bertz CT molecular complexity index is 890. The fourth-order valence-corrected chi connectivity index (χ4v) is 3.71. The van der Waals surface area contributed by atoms with Gasteiger partial charge in [0, 0.05) is 25.6 Å². The summed E-state index contributed by atoms with van der Waals surface area (Å²) < 4.78 is 13.0. The second-order valence-electron chi connectivity index (χ2n) is 8.65. The van der Waals surface area contributed by atoms with E-state index in [0.717, 1.165) is 35.3 Å². The standard InChI is InChI=1S/C22H34N6O2/c1-15-26-27-19(28(15)5)14-24-20(23-13-16-8-10-17(29-6)11-9-16)25-18-12-22(4,30-7)21(18,2)3/h8-11,18H,12-14H2,1-7H3,(H2,23,24,25). The predicted octanol–water partition coefficient (Wildman–Crippen LogP) is 2.57. The van der Waals surface area contributed by atoms with Gasteiger partial charge in [-0.15, -0.1) is 10.2 Å². The number of ether oxygens (including phenoxy) is 2. The van der Waals surface area contributed by atoms with Crippen molar-refractivity contribution in [3.8, 4) is 5.75 Å². The highest BCUT2D eigenvalue weighted by Gasteiger charge is 2.58. The van der Waals surface area contributed by atoms with Crippen LogP contribution in [0.4, 0.5) is 0 Å². The maximum Gasteiger partial charge on any atom is 0.192 e. The number of aryl methyl sites for hydroxylation is 1. The van der Waals surface area contributed by atoms with Gasteiger partial charge in [-0.25, -0.2) is 4.99 Å². The van der Waals surface area contributed by atoms with Crippen LogP contribution in [-0.4, -0.2) is 46.6 Å². The number of hydrogen-bond acceptors (Lipinski definition) is 5. The summed E-state index contributed by atoms with van der Waals surface area (Å²) in [5, 5.41) is 15.4. The summed E-state index contributed by atoms with van der Waals surface area (Å²) in [4.78, 5) is 4.82. The van der Waals surface area contributed by atoms with Crippen molar-refractivity contribution in [1.82, 2.24) is 25.4 Å². The second kappa shape index (κ2) is 8.63. The van der Waals surface area contributed by atoms with E-state index in [0.29, 0.717) is 13.1 Å². The van der Waals surface area contributed by atoms with E-state index < -0.39 is 0 Å². The van der Waals surface area contributed by atoms with Crippen molar-refractivity contribution in [1.29, 1.82) is 0 Å². The minimum atomic E-state index is -0.146. The van der Waals surface area contributed by atoms with Crippen LogP contribution in [-0.2, 0) is 24.9 Å². The van der Waals surface area contributed by atoms with E-state index >= 15 is 0 Å². The first-order valence-electron chi connectivity index (χ1n) is 10.3. The van der Waals surface area contributed by atoms with E-state index in [2.05, 4.69) is 41.6 Å². The molecule has 2 N–H and O–H groups in total. The van der Waals surface area contributed by atoms with Gasteiger partial charge in [0.05, 0.1) is 25.8 Å². The van der Waals surface area contributed by atoms with Gasteiger partial charge in [0.1, 0.15) is 11.6 Å². The molecule has 1 aliphatic rings. The number of hydrogen-bond donors (Lipinski definition) is 2. The Morgan fingerprint density at radius 3 is 2.43 bits per heavy atom. The van der Waals surface area contributed by atoms with Crippen molar-refractivity contribution in [2.45, 2.75) is 58.8 Å². The van der Waals surface area contributed by atoms with Gasteiger partial charge in [0.2, 0.25) is 0 Å².